The number of esters is 1. The molecule has 8 rings (SSSR count). The number of carbonyl (C=O) groups is 3. The van der Waals surface area contributed by atoms with E-state index in [0.717, 1.165) is 32.5 Å². The smallest absolute Gasteiger partial charge is 0.347 e. The van der Waals surface area contributed by atoms with E-state index < -0.39 is 17.7 Å². The highest BCUT2D eigenvalue weighted by atomic mass is 16.5. The number of nitrogens with zero attached hydrogens (tertiary/aromatic N) is 1. The Hall–Kier alpha value is -6.84. The van der Waals surface area contributed by atoms with Gasteiger partial charge in [0, 0.05) is 65.4 Å². The van der Waals surface area contributed by atoms with Crippen LogP contribution in [-0.4, -0.2) is 86.4 Å². The maximum absolute atomic E-state index is 13.9. The van der Waals surface area contributed by atoms with Crippen molar-refractivity contribution in [1.82, 2.24) is 25.8 Å². The molecule has 14 heteroatoms. The monoisotopic (exact) mass is 879 g/mol. The number of aromatic amines is 1. The zero-order valence-electron chi connectivity index (χ0n) is 35.8. The normalized spacial score (nSPS) is 17.9. The lowest BCUT2D eigenvalue weighted by atomic mass is 9.84. The van der Waals surface area contributed by atoms with Crippen LogP contribution >= 0.6 is 0 Å². The van der Waals surface area contributed by atoms with Crippen LogP contribution in [-0.2, 0) is 28.2 Å². The molecule has 336 valence electrons. The number of nitrogens with one attached hydrogen (secondary N) is 4. The average molecular weight is 880 g/mol. The summed E-state index contributed by atoms with van der Waals surface area (Å²) in [5.41, 5.74) is 1.03. The van der Waals surface area contributed by atoms with Crippen molar-refractivity contribution in [2.24, 2.45) is 5.92 Å². The summed E-state index contributed by atoms with van der Waals surface area (Å²) in [6, 6.07) is 35.3. The van der Waals surface area contributed by atoms with Gasteiger partial charge in [-0.1, -0.05) is 84.9 Å². The number of carbonyl (C=O) groups excluding carboxylic acids is 3. The quantitative estimate of drug-likeness (QED) is 0.0596. The Balaban J connectivity index is 0.811. The predicted molar refractivity (Wildman–Crippen MR) is 244 cm³/mol. The molecule has 14 nitrogen and oxygen atoms in total. The van der Waals surface area contributed by atoms with E-state index in [9.17, 15) is 39.6 Å². The SMILES string of the molecule is O=C(N[C@H]1C[C@H](NC(=O)c2ccc(CNC[C@H](O)c3ccc(O)c4[nH]c(=O)ccc34)c(O)c2)C1)c1cccc([C@](O)(C(=O)OCC2CCN(Cc3ccccc3)CC2)c2ccccc2)c1. The first-order chi connectivity index (χ1) is 31.4. The number of aliphatic hydroxyl groups is 2. The van der Waals surface area contributed by atoms with Gasteiger partial charge in [0.1, 0.15) is 11.5 Å². The second kappa shape index (κ2) is 19.9. The summed E-state index contributed by atoms with van der Waals surface area (Å²) in [5.74, 6) is -1.62. The third-order valence-corrected chi connectivity index (χ3v) is 12.5. The summed E-state index contributed by atoms with van der Waals surface area (Å²) in [5, 5.41) is 53.5. The van der Waals surface area contributed by atoms with Crippen LogP contribution in [0.4, 0.5) is 0 Å². The van der Waals surface area contributed by atoms with E-state index in [-0.39, 0.29) is 88.8 Å². The molecule has 2 heterocycles. The Morgan fingerprint density at radius 2 is 1.42 bits per heavy atom. The molecule has 2 aliphatic rings. The van der Waals surface area contributed by atoms with Gasteiger partial charge in [-0.3, -0.25) is 19.3 Å². The number of likely N-dealkylation sites (tertiary alicyclic amines) is 1. The van der Waals surface area contributed by atoms with Crippen LogP contribution in [0.1, 0.15) is 80.3 Å². The molecule has 1 aliphatic carbocycles. The van der Waals surface area contributed by atoms with Crippen molar-refractivity contribution in [3.05, 3.63) is 177 Å². The van der Waals surface area contributed by atoms with Crippen LogP contribution < -0.4 is 21.5 Å². The van der Waals surface area contributed by atoms with Crippen LogP contribution in [0.15, 0.2) is 132 Å². The van der Waals surface area contributed by atoms with Crippen LogP contribution in [0.2, 0.25) is 0 Å². The number of benzene rings is 5. The second-order valence-corrected chi connectivity index (χ2v) is 17.0. The Morgan fingerprint density at radius 3 is 2.11 bits per heavy atom. The number of rotatable bonds is 16. The summed E-state index contributed by atoms with van der Waals surface area (Å²) in [6.07, 6.45) is 1.70. The molecule has 1 aliphatic heterocycles. The molecule has 6 aromatic rings. The Morgan fingerprint density at radius 1 is 0.754 bits per heavy atom. The number of fused-ring (bicyclic) bond motifs is 1. The summed E-state index contributed by atoms with van der Waals surface area (Å²) in [6.45, 7) is 3.11. The van der Waals surface area contributed by atoms with Crippen LogP contribution in [0.3, 0.4) is 0 Å². The Kier molecular flexibility index (Phi) is 13.7. The molecule has 1 saturated carbocycles. The number of aromatic hydroxyl groups is 2. The fraction of sp³-hybridized carbons (Fsp3) is 0.294. The van der Waals surface area contributed by atoms with Gasteiger partial charge < -0.3 is 46.1 Å². The van der Waals surface area contributed by atoms with E-state index in [1.807, 2.05) is 18.2 Å². The third-order valence-electron chi connectivity index (χ3n) is 12.5. The molecule has 65 heavy (non-hydrogen) atoms. The summed E-state index contributed by atoms with van der Waals surface area (Å²) in [4.78, 5) is 57.3. The van der Waals surface area contributed by atoms with Crippen molar-refractivity contribution >= 4 is 28.7 Å². The van der Waals surface area contributed by atoms with Crippen LogP contribution in [0, 0.1) is 5.92 Å². The highest BCUT2D eigenvalue weighted by Gasteiger charge is 2.43. The van der Waals surface area contributed by atoms with Crippen molar-refractivity contribution in [2.45, 2.75) is 62.6 Å². The number of aliphatic hydroxyl groups excluding tert-OH is 1. The molecule has 1 aromatic heterocycles. The minimum atomic E-state index is -2.15. The van der Waals surface area contributed by atoms with Gasteiger partial charge in [0.05, 0.1) is 18.2 Å². The number of ether oxygens (including phenoxy) is 1. The molecular weight excluding hydrogens is 827 g/mol. The molecule has 0 spiro atoms. The Labute approximate surface area is 375 Å². The molecule has 1 saturated heterocycles. The van der Waals surface area contributed by atoms with Gasteiger partial charge in [0.2, 0.25) is 11.2 Å². The fourth-order valence-corrected chi connectivity index (χ4v) is 8.67. The number of phenolic OH excluding ortho intramolecular Hbond substituents is 2. The van der Waals surface area contributed by atoms with Gasteiger partial charge in [0.15, 0.2) is 0 Å². The van der Waals surface area contributed by atoms with E-state index >= 15 is 0 Å². The number of piperidine rings is 1. The maximum Gasteiger partial charge on any atom is 0.347 e. The fourth-order valence-electron chi connectivity index (χ4n) is 8.67. The second-order valence-electron chi connectivity index (χ2n) is 17.0. The highest BCUT2D eigenvalue weighted by molar-refractivity contribution is 5.96. The minimum Gasteiger partial charge on any atom is -0.508 e. The van der Waals surface area contributed by atoms with Crippen molar-refractivity contribution in [1.29, 1.82) is 0 Å². The highest BCUT2D eigenvalue weighted by Crippen LogP contribution is 2.33. The van der Waals surface area contributed by atoms with Crippen molar-refractivity contribution in [3.8, 4) is 11.5 Å². The lowest BCUT2D eigenvalue weighted by Gasteiger charge is -2.36. The zero-order chi connectivity index (χ0) is 45.5. The number of phenols is 2. The van der Waals surface area contributed by atoms with Crippen molar-refractivity contribution in [2.75, 3.05) is 26.2 Å². The topological polar surface area (TPSA) is 214 Å². The van der Waals surface area contributed by atoms with E-state index in [4.69, 9.17) is 4.74 Å². The molecule has 5 aromatic carbocycles. The van der Waals surface area contributed by atoms with Gasteiger partial charge >= 0.3 is 5.97 Å². The van der Waals surface area contributed by atoms with Gasteiger partial charge in [-0.15, -0.1) is 0 Å². The number of amides is 2. The standard InChI is InChI=1S/C51H53N5O9/c57-43-18-16-41(42-17-19-46(60)55-47(42)43)45(59)29-52-28-36-15-14-35(25-44(36)58)49(62)54-40-26-39(27-40)53-48(61)34-10-7-13-38(24-34)51(64,37-11-5-2-6-12-37)50(63)65-31-33-20-22-56(23-21-33)30-32-8-3-1-4-9-32/h1-19,24-25,33,39-40,45,52,57-59,64H,20-23,26-31H2,(H,53,61)(H,54,62)(H,55,60)/t39-,40-,45-,51-/m0/s1. The first kappa shape index (κ1) is 44.8. The number of aromatic nitrogens is 1. The molecule has 0 unspecified atom stereocenters. The molecule has 2 amide bonds. The molecule has 0 radical (unpaired) electrons. The van der Waals surface area contributed by atoms with E-state index in [1.54, 1.807) is 66.7 Å². The average Bonchev–Trinajstić information content (AvgIpc) is 3.31. The van der Waals surface area contributed by atoms with Gasteiger partial charge in [-0.2, -0.15) is 0 Å². The number of hydrogen-bond acceptors (Lipinski definition) is 11. The molecule has 2 atom stereocenters. The lowest BCUT2D eigenvalue weighted by Crippen LogP contribution is -2.53. The first-order valence-corrected chi connectivity index (χ1v) is 21.9. The van der Waals surface area contributed by atoms with Crippen molar-refractivity contribution in [3.63, 3.8) is 0 Å². The van der Waals surface area contributed by atoms with Crippen LogP contribution in [0.5, 0.6) is 11.5 Å². The van der Waals surface area contributed by atoms with Gasteiger partial charge in [-0.05, 0) is 97.8 Å². The first-order valence-electron chi connectivity index (χ1n) is 21.9. The van der Waals surface area contributed by atoms with Gasteiger partial charge in [0.25, 0.3) is 11.8 Å². The van der Waals surface area contributed by atoms with E-state index in [2.05, 4.69) is 38.0 Å². The van der Waals surface area contributed by atoms with Crippen LogP contribution in [0.25, 0.3) is 10.9 Å². The van der Waals surface area contributed by atoms with Gasteiger partial charge in [-0.25, -0.2) is 4.79 Å². The summed E-state index contributed by atoms with van der Waals surface area (Å²) >= 11 is 0. The van der Waals surface area contributed by atoms with E-state index in [1.165, 1.54) is 35.9 Å². The minimum absolute atomic E-state index is 0.101. The third kappa shape index (κ3) is 10.4. The molecular formula is C51H53N5O9. The molecule has 8 N–H and O–H groups in total. The number of H-pyrrole nitrogens is 1. The lowest BCUT2D eigenvalue weighted by molar-refractivity contribution is -0.164. The Bertz CT molecular complexity index is 2700. The molecule has 0 bridgehead atoms. The van der Waals surface area contributed by atoms with Crippen molar-refractivity contribution < 1.29 is 39.5 Å². The largest absolute Gasteiger partial charge is 0.508 e. The maximum atomic E-state index is 13.9. The predicted octanol–water partition coefficient (Wildman–Crippen LogP) is 5.14. The zero-order valence-corrected chi connectivity index (χ0v) is 35.8. The molecule has 2 fully saturated rings. The number of hydrogen-bond donors (Lipinski definition) is 8. The summed E-state index contributed by atoms with van der Waals surface area (Å²) in [7, 11) is 0. The number of pyridine rings is 1. The summed E-state index contributed by atoms with van der Waals surface area (Å²) < 4.78 is 5.86. The van der Waals surface area contributed by atoms with E-state index in [0.29, 0.717) is 34.9 Å².